The molecule has 0 radical (unpaired) electrons. The molecule has 0 spiro atoms. The summed E-state index contributed by atoms with van der Waals surface area (Å²) in [6, 6.07) is 10.9. The monoisotopic (exact) mass is 421 g/mol. The molecule has 160 valence electrons. The van der Waals surface area contributed by atoms with E-state index in [2.05, 4.69) is 10.6 Å². The maximum absolute atomic E-state index is 13.4. The van der Waals surface area contributed by atoms with Gasteiger partial charge in [0.1, 0.15) is 5.75 Å². The maximum Gasteiger partial charge on any atom is 0.418 e. The van der Waals surface area contributed by atoms with E-state index in [1.807, 2.05) is 6.07 Å². The Morgan fingerprint density at radius 3 is 2.53 bits per heavy atom. The van der Waals surface area contributed by atoms with Crippen molar-refractivity contribution in [3.8, 4) is 5.75 Å². The second-order valence-electron chi connectivity index (χ2n) is 6.91. The highest BCUT2D eigenvalue weighted by Crippen LogP contribution is 2.37. The number of methoxy groups -OCH3 is 1. The first-order valence-electron chi connectivity index (χ1n) is 9.43. The summed E-state index contributed by atoms with van der Waals surface area (Å²) in [4.78, 5) is 26.2. The first-order chi connectivity index (χ1) is 14.3. The van der Waals surface area contributed by atoms with Crippen LogP contribution >= 0.6 is 0 Å². The number of nitrogens with zero attached hydrogens (tertiary/aromatic N) is 1. The zero-order valence-corrected chi connectivity index (χ0v) is 16.3. The molecule has 30 heavy (non-hydrogen) atoms. The molecule has 2 aromatic carbocycles. The minimum Gasteiger partial charge on any atom is -0.497 e. The normalized spacial score (nSPS) is 15.1. The number of benzene rings is 2. The molecule has 0 unspecified atom stereocenters. The smallest absolute Gasteiger partial charge is 0.418 e. The summed E-state index contributed by atoms with van der Waals surface area (Å²) in [5, 5.41) is 4.97. The number of carbonyl (C=O) groups excluding carboxylic acids is 2. The lowest BCUT2D eigenvalue weighted by molar-refractivity contribution is -0.137. The fourth-order valence-corrected chi connectivity index (χ4v) is 3.35. The third-order valence-corrected chi connectivity index (χ3v) is 4.86. The van der Waals surface area contributed by atoms with Gasteiger partial charge in [-0.3, -0.25) is 4.79 Å². The lowest BCUT2D eigenvalue weighted by Crippen LogP contribution is -2.40. The van der Waals surface area contributed by atoms with Gasteiger partial charge in [-0.1, -0.05) is 30.3 Å². The van der Waals surface area contributed by atoms with Crippen molar-refractivity contribution in [2.24, 2.45) is 0 Å². The summed E-state index contributed by atoms with van der Waals surface area (Å²) in [6.07, 6.45) is -3.47. The predicted octanol–water partition coefficient (Wildman–Crippen LogP) is 4.20. The van der Waals surface area contributed by atoms with Crippen LogP contribution in [0.3, 0.4) is 0 Å². The quantitative estimate of drug-likeness (QED) is 0.735. The van der Waals surface area contributed by atoms with Gasteiger partial charge in [0.05, 0.1) is 24.4 Å². The van der Waals surface area contributed by atoms with Gasteiger partial charge >= 0.3 is 12.2 Å². The predicted molar refractivity (Wildman–Crippen MR) is 105 cm³/mol. The highest BCUT2D eigenvalue weighted by molar-refractivity contribution is 5.90. The highest BCUT2D eigenvalue weighted by atomic mass is 19.4. The van der Waals surface area contributed by atoms with Crippen molar-refractivity contribution in [1.82, 2.24) is 10.2 Å². The number of alkyl halides is 3. The van der Waals surface area contributed by atoms with E-state index in [1.54, 1.807) is 29.2 Å². The van der Waals surface area contributed by atoms with Gasteiger partial charge < -0.3 is 20.3 Å². The molecule has 2 N–H and O–H groups in total. The van der Waals surface area contributed by atoms with E-state index in [0.29, 0.717) is 13.0 Å². The SMILES string of the molecule is COc1ccc(NC(=O)N[C@@H](CN2CCCC2=O)c2ccccc2)c(C(F)(F)F)c1. The first-order valence-corrected chi connectivity index (χ1v) is 9.43. The molecule has 0 bridgehead atoms. The van der Waals surface area contributed by atoms with Crippen molar-refractivity contribution in [2.75, 3.05) is 25.5 Å². The van der Waals surface area contributed by atoms with Gasteiger partial charge in [-0.2, -0.15) is 13.2 Å². The average molecular weight is 421 g/mol. The number of carbonyl (C=O) groups is 2. The van der Waals surface area contributed by atoms with Crippen LogP contribution in [0.2, 0.25) is 0 Å². The van der Waals surface area contributed by atoms with Gasteiger partial charge in [0.25, 0.3) is 0 Å². The van der Waals surface area contributed by atoms with E-state index in [1.165, 1.54) is 13.2 Å². The minimum absolute atomic E-state index is 0.00680. The number of urea groups is 1. The fourth-order valence-electron chi connectivity index (χ4n) is 3.35. The van der Waals surface area contributed by atoms with Crippen molar-refractivity contribution in [3.05, 3.63) is 59.7 Å². The molecule has 1 atom stereocenters. The Labute approximate surface area is 172 Å². The lowest BCUT2D eigenvalue weighted by Gasteiger charge is -2.25. The Hall–Kier alpha value is -3.23. The van der Waals surface area contributed by atoms with E-state index < -0.39 is 23.8 Å². The molecule has 0 aromatic heterocycles. The van der Waals surface area contributed by atoms with Gasteiger partial charge in [0, 0.05) is 19.5 Å². The number of hydrogen-bond acceptors (Lipinski definition) is 3. The molecule has 1 saturated heterocycles. The van der Waals surface area contributed by atoms with Crippen LogP contribution in [0.1, 0.15) is 30.0 Å². The second-order valence-corrected chi connectivity index (χ2v) is 6.91. The average Bonchev–Trinajstić information content (AvgIpc) is 3.12. The van der Waals surface area contributed by atoms with E-state index in [4.69, 9.17) is 4.74 Å². The molecule has 3 amide bonds. The Balaban J connectivity index is 1.78. The zero-order chi connectivity index (χ0) is 21.7. The van der Waals surface area contributed by atoms with Gasteiger partial charge in [-0.15, -0.1) is 0 Å². The van der Waals surface area contributed by atoms with Crippen molar-refractivity contribution < 1.29 is 27.5 Å². The summed E-state index contributed by atoms with van der Waals surface area (Å²) in [6.45, 7) is 0.827. The number of likely N-dealkylation sites (tertiary alicyclic amines) is 1. The van der Waals surface area contributed by atoms with Crippen LogP contribution in [-0.2, 0) is 11.0 Å². The molecule has 1 aliphatic heterocycles. The fraction of sp³-hybridized carbons (Fsp3) is 0.333. The summed E-state index contributed by atoms with van der Waals surface area (Å²) in [5.74, 6) is 0.0237. The van der Waals surface area contributed by atoms with Crippen molar-refractivity contribution in [3.63, 3.8) is 0 Å². The third kappa shape index (κ3) is 5.22. The van der Waals surface area contributed by atoms with Crippen LogP contribution in [0.4, 0.5) is 23.7 Å². The summed E-state index contributed by atoms with van der Waals surface area (Å²) in [5.41, 5.74) is -0.647. The van der Waals surface area contributed by atoms with Crippen LogP contribution in [0.15, 0.2) is 48.5 Å². The molecule has 6 nitrogen and oxygen atoms in total. The molecular formula is C21H22F3N3O3. The molecule has 3 rings (SSSR count). The van der Waals surface area contributed by atoms with E-state index in [0.717, 1.165) is 24.1 Å². The lowest BCUT2D eigenvalue weighted by atomic mass is 10.1. The van der Waals surface area contributed by atoms with E-state index in [9.17, 15) is 22.8 Å². The van der Waals surface area contributed by atoms with E-state index in [-0.39, 0.29) is 23.9 Å². The second kappa shape index (κ2) is 9.06. The van der Waals surface area contributed by atoms with Crippen LogP contribution < -0.4 is 15.4 Å². The molecule has 0 saturated carbocycles. The largest absolute Gasteiger partial charge is 0.497 e. The van der Waals surface area contributed by atoms with Crippen LogP contribution in [0, 0.1) is 0 Å². The third-order valence-electron chi connectivity index (χ3n) is 4.86. The minimum atomic E-state index is -4.67. The number of anilines is 1. The summed E-state index contributed by atoms with van der Waals surface area (Å²) < 4.78 is 45.0. The van der Waals surface area contributed by atoms with E-state index >= 15 is 0 Å². The number of rotatable bonds is 6. The van der Waals surface area contributed by atoms with Crippen LogP contribution in [0.25, 0.3) is 0 Å². The maximum atomic E-state index is 13.4. The number of nitrogens with one attached hydrogen (secondary N) is 2. The Morgan fingerprint density at radius 1 is 1.20 bits per heavy atom. The van der Waals surface area contributed by atoms with Crippen LogP contribution in [0.5, 0.6) is 5.75 Å². The molecule has 1 fully saturated rings. The number of amides is 3. The van der Waals surface area contributed by atoms with Gasteiger partial charge in [-0.05, 0) is 30.2 Å². The van der Waals surface area contributed by atoms with Crippen molar-refractivity contribution >= 4 is 17.6 Å². The summed E-state index contributed by atoms with van der Waals surface area (Å²) >= 11 is 0. The number of ether oxygens (including phenoxy) is 1. The Morgan fingerprint density at radius 2 is 1.93 bits per heavy atom. The number of hydrogen-bond donors (Lipinski definition) is 2. The van der Waals surface area contributed by atoms with Gasteiger partial charge in [-0.25, -0.2) is 4.79 Å². The number of halogens is 3. The molecule has 0 aliphatic carbocycles. The van der Waals surface area contributed by atoms with Crippen molar-refractivity contribution in [2.45, 2.75) is 25.1 Å². The van der Waals surface area contributed by atoms with Crippen molar-refractivity contribution in [1.29, 1.82) is 0 Å². The molecular weight excluding hydrogens is 399 g/mol. The van der Waals surface area contributed by atoms with Gasteiger partial charge in [0.2, 0.25) is 5.91 Å². The van der Waals surface area contributed by atoms with Gasteiger partial charge in [0.15, 0.2) is 0 Å². The highest BCUT2D eigenvalue weighted by Gasteiger charge is 2.35. The summed E-state index contributed by atoms with van der Waals surface area (Å²) in [7, 11) is 1.26. The molecule has 9 heteroatoms. The molecule has 2 aromatic rings. The first kappa shape index (κ1) is 21.5. The molecule has 1 heterocycles. The Kier molecular flexibility index (Phi) is 6.49. The zero-order valence-electron chi connectivity index (χ0n) is 16.3. The topological polar surface area (TPSA) is 70.7 Å². The standard InChI is InChI=1S/C21H22F3N3O3/c1-30-15-9-10-17(16(12-15)21(22,23)24)25-20(29)26-18(14-6-3-2-4-7-14)13-27-11-5-8-19(27)28/h2-4,6-7,9-10,12,18H,5,8,11,13H2,1H3,(H2,25,26,29)/t18-/m0/s1. The van der Waals surface area contributed by atoms with Crippen LogP contribution in [-0.4, -0.2) is 37.0 Å². The Bertz CT molecular complexity index is 903. The molecule has 1 aliphatic rings.